The van der Waals surface area contributed by atoms with Gasteiger partial charge in [-0.25, -0.2) is 14.4 Å². The first-order valence-corrected chi connectivity index (χ1v) is 8.75. The summed E-state index contributed by atoms with van der Waals surface area (Å²) in [6, 6.07) is 3.14. The van der Waals surface area contributed by atoms with E-state index in [1.165, 1.54) is 32.4 Å². The average Bonchev–Trinajstić information content (AvgIpc) is 3.00. The first-order chi connectivity index (χ1) is 13.1. The van der Waals surface area contributed by atoms with Crippen LogP contribution in [0.4, 0.5) is 10.5 Å². The van der Waals surface area contributed by atoms with Crippen molar-refractivity contribution in [3.8, 4) is 0 Å². The zero-order valence-corrected chi connectivity index (χ0v) is 16.6. The molecule has 1 aromatic rings. The van der Waals surface area contributed by atoms with Crippen LogP contribution in [0.2, 0.25) is 0 Å². The number of esters is 2. The summed E-state index contributed by atoms with van der Waals surface area (Å²) in [5.41, 5.74) is 0.0189. The molecule has 2 rings (SSSR count). The Kier molecular flexibility index (Phi) is 6.27. The summed E-state index contributed by atoms with van der Waals surface area (Å²) in [6.45, 7) is 6.17. The van der Waals surface area contributed by atoms with Gasteiger partial charge in [-0.1, -0.05) is 0 Å². The summed E-state index contributed by atoms with van der Waals surface area (Å²) in [4.78, 5) is 50.0. The number of likely N-dealkylation sites (tertiary alicyclic amines) is 1. The van der Waals surface area contributed by atoms with E-state index >= 15 is 0 Å². The molecule has 28 heavy (non-hydrogen) atoms. The first kappa shape index (κ1) is 21.2. The van der Waals surface area contributed by atoms with E-state index in [-0.39, 0.29) is 40.7 Å². The van der Waals surface area contributed by atoms with Gasteiger partial charge < -0.3 is 25.0 Å². The monoisotopic (exact) mass is 391 g/mol. The third-order valence-electron chi connectivity index (χ3n) is 4.36. The zero-order chi connectivity index (χ0) is 21.1. The van der Waals surface area contributed by atoms with Gasteiger partial charge in [-0.3, -0.25) is 4.79 Å². The fourth-order valence-corrected chi connectivity index (χ4v) is 2.98. The van der Waals surface area contributed by atoms with Crippen LogP contribution in [0.15, 0.2) is 18.2 Å². The van der Waals surface area contributed by atoms with Crippen LogP contribution in [0.1, 0.15) is 47.9 Å². The van der Waals surface area contributed by atoms with Gasteiger partial charge in [0.2, 0.25) is 5.91 Å². The van der Waals surface area contributed by atoms with Crippen molar-refractivity contribution >= 4 is 29.6 Å². The molecule has 0 aromatic heterocycles. The molecule has 3 amide bonds. The maximum absolute atomic E-state index is 12.4. The minimum Gasteiger partial charge on any atom is -0.465 e. The van der Waals surface area contributed by atoms with Crippen molar-refractivity contribution in [1.29, 1.82) is 0 Å². The highest BCUT2D eigenvalue weighted by Gasteiger charge is 2.36. The number of amides is 3. The molecule has 1 fully saturated rings. The van der Waals surface area contributed by atoms with Crippen LogP contribution in [0.25, 0.3) is 0 Å². The van der Waals surface area contributed by atoms with Crippen LogP contribution in [0.3, 0.4) is 0 Å². The molecule has 152 valence electrons. The smallest absolute Gasteiger partial charge is 0.339 e. The van der Waals surface area contributed by atoms with E-state index in [9.17, 15) is 19.2 Å². The van der Waals surface area contributed by atoms with Crippen LogP contribution in [0, 0.1) is 0 Å². The molecule has 0 spiro atoms. The number of anilines is 1. The highest BCUT2D eigenvalue weighted by Crippen LogP contribution is 2.23. The van der Waals surface area contributed by atoms with E-state index in [1.54, 1.807) is 4.90 Å². The maximum Gasteiger partial charge on any atom is 0.339 e. The fourth-order valence-electron chi connectivity index (χ4n) is 2.98. The minimum absolute atomic E-state index is 0.0410. The second kappa shape index (κ2) is 8.28. The summed E-state index contributed by atoms with van der Waals surface area (Å²) in [7, 11) is 2.44. The second-order valence-electron chi connectivity index (χ2n) is 7.42. The normalized spacial score (nSPS) is 16.5. The molecule has 1 aromatic carbocycles. The summed E-state index contributed by atoms with van der Waals surface area (Å²) < 4.78 is 9.37. The van der Waals surface area contributed by atoms with Crippen LogP contribution >= 0.6 is 0 Å². The summed E-state index contributed by atoms with van der Waals surface area (Å²) in [6.07, 6.45) is 0.191. The molecular weight excluding hydrogens is 366 g/mol. The number of carbonyl (C=O) groups is 4. The molecule has 9 heteroatoms. The van der Waals surface area contributed by atoms with Crippen molar-refractivity contribution in [3.05, 3.63) is 29.3 Å². The Morgan fingerprint density at radius 2 is 1.75 bits per heavy atom. The Labute approximate surface area is 163 Å². The predicted octanol–water partition coefficient (Wildman–Crippen LogP) is 1.78. The molecule has 0 aliphatic carbocycles. The van der Waals surface area contributed by atoms with Crippen molar-refractivity contribution in [3.63, 3.8) is 0 Å². The third-order valence-corrected chi connectivity index (χ3v) is 4.36. The van der Waals surface area contributed by atoms with Crippen molar-refractivity contribution in [1.82, 2.24) is 10.2 Å². The van der Waals surface area contributed by atoms with E-state index in [1.807, 2.05) is 20.8 Å². The molecule has 1 aliphatic heterocycles. The Morgan fingerprint density at radius 3 is 2.29 bits per heavy atom. The number of carbonyl (C=O) groups excluding carboxylic acids is 4. The number of hydrogen-bond donors (Lipinski definition) is 2. The lowest BCUT2D eigenvalue weighted by molar-refractivity contribution is -0.131. The largest absolute Gasteiger partial charge is 0.465 e. The SMILES string of the molecule is COC(=O)c1ccc(C(=O)OC)c(NC(=O)NC2CC(=O)N(C(C)(C)C)C2)c1. The number of nitrogens with zero attached hydrogens (tertiary/aromatic N) is 1. The van der Waals surface area contributed by atoms with E-state index in [0.29, 0.717) is 6.54 Å². The van der Waals surface area contributed by atoms with E-state index in [0.717, 1.165) is 0 Å². The lowest BCUT2D eigenvalue weighted by atomic mass is 10.1. The predicted molar refractivity (Wildman–Crippen MR) is 101 cm³/mol. The standard InChI is InChI=1S/C19H25N3O6/c1-19(2,3)22-10-12(9-15(22)23)20-18(26)21-14-8-11(16(24)27-4)6-7-13(14)17(25)28-5/h6-8,12H,9-10H2,1-5H3,(H2,20,21,26). The fraction of sp³-hybridized carbons (Fsp3) is 0.474. The number of benzene rings is 1. The van der Waals surface area contributed by atoms with Crippen LogP contribution in [-0.2, 0) is 14.3 Å². The number of rotatable bonds is 4. The number of hydrogen-bond acceptors (Lipinski definition) is 6. The van der Waals surface area contributed by atoms with Gasteiger partial charge in [0.05, 0.1) is 37.1 Å². The van der Waals surface area contributed by atoms with Crippen molar-refractivity contribution in [2.45, 2.75) is 38.8 Å². The Morgan fingerprint density at radius 1 is 1.11 bits per heavy atom. The van der Waals surface area contributed by atoms with Gasteiger partial charge in [-0.2, -0.15) is 0 Å². The van der Waals surface area contributed by atoms with E-state index < -0.39 is 18.0 Å². The summed E-state index contributed by atoms with van der Waals surface area (Å²) in [5.74, 6) is -1.32. The van der Waals surface area contributed by atoms with Crippen molar-refractivity contribution in [2.24, 2.45) is 0 Å². The number of methoxy groups -OCH3 is 2. The number of ether oxygens (including phenoxy) is 2. The highest BCUT2D eigenvalue weighted by molar-refractivity contribution is 6.03. The number of urea groups is 1. The van der Waals surface area contributed by atoms with Crippen molar-refractivity contribution in [2.75, 3.05) is 26.1 Å². The molecule has 0 saturated carbocycles. The summed E-state index contributed by atoms with van der Waals surface area (Å²) >= 11 is 0. The van der Waals surface area contributed by atoms with Crippen molar-refractivity contribution < 1.29 is 28.7 Å². The minimum atomic E-state index is -0.665. The molecule has 9 nitrogen and oxygen atoms in total. The van der Waals surface area contributed by atoms with Gasteiger partial charge in [0, 0.05) is 18.5 Å². The van der Waals surface area contributed by atoms with Gasteiger partial charge in [-0.05, 0) is 39.0 Å². The number of nitrogens with one attached hydrogen (secondary N) is 2. The topological polar surface area (TPSA) is 114 Å². The van der Waals surface area contributed by atoms with E-state index in [4.69, 9.17) is 4.74 Å². The van der Waals surface area contributed by atoms with Gasteiger partial charge in [0.15, 0.2) is 0 Å². The van der Waals surface area contributed by atoms with Gasteiger partial charge in [-0.15, -0.1) is 0 Å². The van der Waals surface area contributed by atoms with E-state index in [2.05, 4.69) is 15.4 Å². The Bertz CT molecular complexity index is 799. The molecule has 0 bridgehead atoms. The van der Waals surface area contributed by atoms with Crippen LogP contribution < -0.4 is 10.6 Å². The lowest BCUT2D eigenvalue weighted by Gasteiger charge is -2.32. The van der Waals surface area contributed by atoms with Gasteiger partial charge in [0.25, 0.3) is 0 Å². The second-order valence-corrected chi connectivity index (χ2v) is 7.42. The maximum atomic E-state index is 12.4. The molecule has 1 aliphatic rings. The van der Waals surface area contributed by atoms with Gasteiger partial charge in [0.1, 0.15) is 0 Å². The third kappa shape index (κ3) is 4.79. The van der Waals surface area contributed by atoms with Crippen LogP contribution in [-0.4, -0.2) is 61.1 Å². The molecule has 0 radical (unpaired) electrons. The average molecular weight is 391 g/mol. The molecule has 1 atom stereocenters. The first-order valence-electron chi connectivity index (χ1n) is 8.75. The molecule has 1 heterocycles. The zero-order valence-electron chi connectivity index (χ0n) is 16.6. The Hall–Kier alpha value is -3.10. The molecular formula is C19H25N3O6. The van der Waals surface area contributed by atoms with Crippen LogP contribution in [0.5, 0.6) is 0 Å². The Balaban J connectivity index is 2.15. The molecule has 1 saturated heterocycles. The lowest BCUT2D eigenvalue weighted by Crippen LogP contribution is -2.45. The quantitative estimate of drug-likeness (QED) is 0.757. The molecule has 2 N–H and O–H groups in total. The molecule has 1 unspecified atom stereocenters. The van der Waals surface area contributed by atoms with Gasteiger partial charge >= 0.3 is 18.0 Å². The summed E-state index contributed by atoms with van der Waals surface area (Å²) in [5, 5.41) is 5.28. The highest BCUT2D eigenvalue weighted by atomic mass is 16.5.